The number of aryl methyl sites for hydroxylation is 1. The van der Waals surface area contributed by atoms with Gasteiger partial charge < -0.3 is 10.6 Å². The number of likely N-dealkylation sites (tertiary alicyclic amines) is 1. The molecule has 1 heterocycles. The highest BCUT2D eigenvalue weighted by molar-refractivity contribution is 5.96. The predicted molar refractivity (Wildman–Crippen MR) is 73.6 cm³/mol. The van der Waals surface area contributed by atoms with Gasteiger partial charge in [0, 0.05) is 18.7 Å². The molecule has 2 N–H and O–H groups in total. The van der Waals surface area contributed by atoms with Crippen molar-refractivity contribution in [2.45, 2.75) is 33.2 Å². The second-order valence-electron chi connectivity index (χ2n) is 5.80. The first kappa shape index (κ1) is 13.1. The van der Waals surface area contributed by atoms with E-state index in [1.807, 2.05) is 36.9 Å². The van der Waals surface area contributed by atoms with Crippen LogP contribution in [-0.2, 0) is 0 Å². The quantitative estimate of drug-likeness (QED) is 0.868. The van der Waals surface area contributed by atoms with Crippen molar-refractivity contribution >= 4 is 5.91 Å². The third-order valence-electron chi connectivity index (χ3n) is 4.24. The molecular weight excluding hydrogens is 224 g/mol. The van der Waals surface area contributed by atoms with Gasteiger partial charge in [-0.1, -0.05) is 26.0 Å². The summed E-state index contributed by atoms with van der Waals surface area (Å²) in [4.78, 5) is 14.2. The van der Waals surface area contributed by atoms with Crippen LogP contribution in [-0.4, -0.2) is 29.4 Å². The van der Waals surface area contributed by atoms with Crippen molar-refractivity contribution < 1.29 is 4.79 Å². The summed E-state index contributed by atoms with van der Waals surface area (Å²) < 4.78 is 0. The van der Waals surface area contributed by atoms with Crippen molar-refractivity contribution in [2.24, 2.45) is 11.7 Å². The number of benzene rings is 1. The predicted octanol–water partition coefficient (Wildman–Crippen LogP) is 2.11. The summed E-state index contributed by atoms with van der Waals surface area (Å²) >= 11 is 0. The smallest absolute Gasteiger partial charge is 0.254 e. The first-order valence-corrected chi connectivity index (χ1v) is 6.49. The lowest BCUT2D eigenvalue weighted by molar-refractivity contribution is 0.0274. The average molecular weight is 246 g/mol. The Morgan fingerprint density at radius 2 is 1.94 bits per heavy atom. The third kappa shape index (κ3) is 2.03. The number of nitrogens with zero attached hydrogens (tertiary/aromatic N) is 1. The minimum absolute atomic E-state index is 0.109. The molecule has 0 aromatic heterocycles. The van der Waals surface area contributed by atoms with Crippen LogP contribution >= 0.6 is 0 Å². The standard InChI is InChI=1S/C15H22N2O/c1-10(2)15(16)8-17(9-15)14(18)13-7-5-6-11(3)12(13)4/h5-7,10H,8-9,16H2,1-4H3. The van der Waals surface area contributed by atoms with Gasteiger partial charge >= 0.3 is 0 Å². The Bertz CT molecular complexity index is 473. The SMILES string of the molecule is Cc1cccc(C(=O)N2CC(N)(C(C)C)C2)c1C. The van der Waals surface area contributed by atoms with Crippen LogP contribution in [0.2, 0.25) is 0 Å². The van der Waals surface area contributed by atoms with Gasteiger partial charge in [0.25, 0.3) is 5.91 Å². The molecule has 3 nitrogen and oxygen atoms in total. The molecule has 0 unspecified atom stereocenters. The van der Waals surface area contributed by atoms with Crippen LogP contribution in [0.25, 0.3) is 0 Å². The lowest BCUT2D eigenvalue weighted by Crippen LogP contribution is -2.71. The molecular formula is C15H22N2O. The molecule has 1 aliphatic heterocycles. The fourth-order valence-electron chi connectivity index (χ4n) is 2.33. The minimum atomic E-state index is -0.201. The van der Waals surface area contributed by atoms with Gasteiger partial charge in [-0.2, -0.15) is 0 Å². The fourth-order valence-corrected chi connectivity index (χ4v) is 2.33. The second-order valence-corrected chi connectivity index (χ2v) is 5.80. The zero-order valence-corrected chi connectivity index (χ0v) is 11.7. The Morgan fingerprint density at radius 1 is 1.33 bits per heavy atom. The van der Waals surface area contributed by atoms with Gasteiger partial charge in [-0.3, -0.25) is 4.79 Å². The number of hydrogen-bond acceptors (Lipinski definition) is 2. The molecule has 0 radical (unpaired) electrons. The molecule has 1 saturated heterocycles. The number of amides is 1. The molecule has 18 heavy (non-hydrogen) atoms. The van der Waals surface area contributed by atoms with Crippen LogP contribution in [0, 0.1) is 19.8 Å². The maximum absolute atomic E-state index is 12.4. The van der Waals surface area contributed by atoms with E-state index >= 15 is 0 Å². The van der Waals surface area contributed by atoms with Gasteiger partial charge in [-0.15, -0.1) is 0 Å². The molecule has 98 valence electrons. The Morgan fingerprint density at radius 3 is 2.50 bits per heavy atom. The van der Waals surface area contributed by atoms with E-state index in [4.69, 9.17) is 5.73 Å². The van der Waals surface area contributed by atoms with Crippen LogP contribution in [0.4, 0.5) is 0 Å². The van der Waals surface area contributed by atoms with Crippen molar-refractivity contribution in [3.8, 4) is 0 Å². The van der Waals surface area contributed by atoms with Gasteiger partial charge in [-0.05, 0) is 37.0 Å². The summed E-state index contributed by atoms with van der Waals surface area (Å²) in [6.45, 7) is 9.58. The number of carbonyl (C=O) groups is 1. The Hall–Kier alpha value is -1.35. The highest BCUT2D eigenvalue weighted by atomic mass is 16.2. The molecule has 3 heteroatoms. The lowest BCUT2D eigenvalue weighted by Gasteiger charge is -2.50. The van der Waals surface area contributed by atoms with Crippen LogP contribution in [0.1, 0.15) is 35.3 Å². The second kappa shape index (κ2) is 4.39. The maximum Gasteiger partial charge on any atom is 0.254 e. The molecule has 0 atom stereocenters. The zero-order valence-electron chi connectivity index (χ0n) is 11.7. The van der Waals surface area contributed by atoms with Crippen molar-refractivity contribution in [1.29, 1.82) is 0 Å². The van der Waals surface area contributed by atoms with E-state index in [0.717, 1.165) is 16.7 Å². The summed E-state index contributed by atoms with van der Waals surface area (Å²) in [5, 5.41) is 0. The number of hydrogen-bond donors (Lipinski definition) is 1. The van der Waals surface area contributed by atoms with Crippen molar-refractivity contribution in [1.82, 2.24) is 4.90 Å². The number of carbonyl (C=O) groups excluding carboxylic acids is 1. The molecule has 0 saturated carbocycles. The fraction of sp³-hybridized carbons (Fsp3) is 0.533. The first-order valence-electron chi connectivity index (χ1n) is 6.49. The lowest BCUT2D eigenvalue weighted by atomic mass is 9.80. The summed E-state index contributed by atoms with van der Waals surface area (Å²) in [5.41, 5.74) is 9.06. The molecule has 2 rings (SSSR count). The Labute approximate surface area is 109 Å². The zero-order chi connectivity index (χ0) is 13.5. The van der Waals surface area contributed by atoms with Crippen molar-refractivity contribution in [3.63, 3.8) is 0 Å². The van der Waals surface area contributed by atoms with Crippen LogP contribution < -0.4 is 5.73 Å². The minimum Gasteiger partial charge on any atom is -0.335 e. The Kier molecular flexibility index (Phi) is 3.20. The third-order valence-corrected chi connectivity index (χ3v) is 4.24. The van der Waals surface area contributed by atoms with Crippen LogP contribution in [0.5, 0.6) is 0 Å². The van der Waals surface area contributed by atoms with Gasteiger partial charge in [0.05, 0.1) is 5.54 Å². The molecule has 1 aromatic carbocycles. The average Bonchev–Trinajstić information content (AvgIpc) is 2.27. The van der Waals surface area contributed by atoms with E-state index in [2.05, 4.69) is 13.8 Å². The highest BCUT2D eigenvalue weighted by Crippen LogP contribution is 2.28. The normalized spacial score (nSPS) is 17.8. The van der Waals surface area contributed by atoms with E-state index in [0.29, 0.717) is 19.0 Å². The number of rotatable bonds is 2. The molecule has 0 spiro atoms. The number of nitrogens with two attached hydrogens (primary N) is 1. The van der Waals surface area contributed by atoms with Gasteiger partial charge in [0.1, 0.15) is 0 Å². The van der Waals surface area contributed by atoms with Crippen molar-refractivity contribution in [2.75, 3.05) is 13.1 Å². The van der Waals surface area contributed by atoms with E-state index in [1.165, 1.54) is 0 Å². The molecule has 0 aliphatic carbocycles. The molecule has 1 fully saturated rings. The molecule has 1 aromatic rings. The topological polar surface area (TPSA) is 46.3 Å². The highest BCUT2D eigenvalue weighted by Gasteiger charge is 2.44. The summed E-state index contributed by atoms with van der Waals surface area (Å²) in [6, 6.07) is 5.87. The largest absolute Gasteiger partial charge is 0.335 e. The first-order chi connectivity index (χ1) is 8.35. The monoisotopic (exact) mass is 246 g/mol. The maximum atomic E-state index is 12.4. The molecule has 1 aliphatic rings. The summed E-state index contributed by atoms with van der Waals surface area (Å²) in [6.07, 6.45) is 0. The van der Waals surface area contributed by atoms with Gasteiger partial charge in [0.2, 0.25) is 0 Å². The molecule has 0 bridgehead atoms. The van der Waals surface area contributed by atoms with E-state index in [9.17, 15) is 4.79 Å². The van der Waals surface area contributed by atoms with E-state index in [1.54, 1.807) is 0 Å². The summed E-state index contributed by atoms with van der Waals surface area (Å²) in [5.74, 6) is 0.512. The van der Waals surface area contributed by atoms with Crippen molar-refractivity contribution in [3.05, 3.63) is 34.9 Å². The van der Waals surface area contributed by atoms with Gasteiger partial charge in [0.15, 0.2) is 0 Å². The van der Waals surface area contributed by atoms with E-state index < -0.39 is 0 Å². The molecule has 1 amide bonds. The van der Waals surface area contributed by atoms with Gasteiger partial charge in [-0.25, -0.2) is 0 Å². The van der Waals surface area contributed by atoms with Crippen LogP contribution in [0.15, 0.2) is 18.2 Å². The Balaban J connectivity index is 2.13. The van der Waals surface area contributed by atoms with Crippen LogP contribution in [0.3, 0.4) is 0 Å². The van der Waals surface area contributed by atoms with E-state index in [-0.39, 0.29) is 11.4 Å². The summed E-state index contributed by atoms with van der Waals surface area (Å²) in [7, 11) is 0.